The van der Waals surface area contributed by atoms with E-state index in [1.54, 1.807) is 7.11 Å². The molecule has 1 rings (SSSR count). The molecular weight excluding hydrogens is 260 g/mol. The van der Waals surface area contributed by atoms with E-state index in [0.717, 1.165) is 25.8 Å². The lowest BCUT2D eigenvalue weighted by Crippen LogP contribution is -2.53. The predicted octanol–water partition coefficient (Wildman–Crippen LogP) is -0.340. The van der Waals surface area contributed by atoms with E-state index in [0.29, 0.717) is 13.2 Å². The summed E-state index contributed by atoms with van der Waals surface area (Å²) in [6.45, 7) is 3.81. The number of rotatable bonds is 6. The molecule has 0 saturated carbocycles. The van der Waals surface area contributed by atoms with Crippen LogP contribution in [0.2, 0.25) is 0 Å². The van der Waals surface area contributed by atoms with E-state index in [9.17, 15) is 9.59 Å². The number of methoxy groups -OCH3 is 1. The minimum absolute atomic E-state index is 0.0265. The third-order valence-electron chi connectivity index (χ3n) is 3.46. The first-order valence-electron chi connectivity index (χ1n) is 7.11. The summed E-state index contributed by atoms with van der Waals surface area (Å²) in [5, 5.41) is 4.87. The number of nitrogens with zero attached hydrogens (tertiary/aromatic N) is 1. The molecule has 2 atom stereocenters. The van der Waals surface area contributed by atoms with Crippen molar-refractivity contribution in [1.29, 1.82) is 0 Å². The van der Waals surface area contributed by atoms with Gasteiger partial charge >= 0.3 is 6.03 Å². The number of nitrogens with two attached hydrogens (primary N) is 1. The molecule has 3 amide bonds. The maximum atomic E-state index is 11.8. The quantitative estimate of drug-likeness (QED) is 0.581. The highest BCUT2D eigenvalue weighted by Gasteiger charge is 2.27. The maximum Gasteiger partial charge on any atom is 0.321 e. The number of amides is 3. The molecule has 2 unspecified atom stereocenters. The Morgan fingerprint density at radius 3 is 2.85 bits per heavy atom. The summed E-state index contributed by atoms with van der Waals surface area (Å²) < 4.78 is 4.81. The van der Waals surface area contributed by atoms with Crippen LogP contribution in [-0.4, -0.2) is 62.3 Å². The molecule has 1 aliphatic rings. The van der Waals surface area contributed by atoms with Crippen molar-refractivity contribution in [3.63, 3.8) is 0 Å². The van der Waals surface area contributed by atoms with Crippen LogP contribution in [0.25, 0.3) is 0 Å². The average Bonchev–Trinajstić information content (AvgIpc) is 2.39. The molecule has 0 radical (unpaired) electrons. The molecule has 1 fully saturated rings. The molecule has 0 aromatic rings. The van der Waals surface area contributed by atoms with Crippen LogP contribution in [-0.2, 0) is 9.53 Å². The van der Waals surface area contributed by atoms with E-state index >= 15 is 0 Å². The van der Waals surface area contributed by atoms with Gasteiger partial charge in [-0.15, -0.1) is 0 Å². The summed E-state index contributed by atoms with van der Waals surface area (Å²) in [4.78, 5) is 25.3. The molecule has 7 nitrogen and oxygen atoms in total. The van der Waals surface area contributed by atoms with Crippen molar-refractivity contribution in [2.24, 2.45) is 5.73 Å². The molecule has 0 aromatic carbocycles. The second kappa shape index (κ2) is 8.89. The fraction of sp³-hybridized carbons (Fsp3) is 0.846. The maximum absolute atomic E-state index is 11.8. The van der Waals surface area contributed by atoms with Gasteiger partial charge in [0, 0.05) is 25.7 Å². The first-order chi connectivity index (χ1) is 9.54. The number of hydrogen-bond acceptors (Lipinski definition) is 5. The SMILES string of the molecule is COCCNC(=O)NC(=O)CN1CCCCC1C(C)N. The van der Waals surface area contributed by atoms with Gasteiger partial charge in [-0.3, -0.25) is 15.0 Å². The van der Waals surface area contributed by atoms with Crippen molar-refractivity contribution in [2.45, 2.75) is 38.3 Å². The molecule has 0 aromatic heterocycles. The number of likely N-dealkylation sites (tertiary alicyclic amines) is 1. The van der Waals surface area contributed by atoms with Gasteiger partial charge in [-0.25, -0.2) is 4.79 Å². The van der Waals surface area contributed by atoms with Crippen molar-refractivity contribution in [1.82, 2.24) is 15.5 Å². The summed E-state index contributed by atoms with van der Waals surface area (Å²) in [6.07, 6.45) is 3.21. The fourth-order valence-electron chi connectivity index (χ4n) is 2.47. The third kappa shape index (κ3) is 5.85. The Balaban J connectivity index is 2.34. The lowest BCUT2D eigenvalue weighted by atomic mass is 9.97. The Morgan fingerprint density at radius 1 is 1.45 bits per heavy atom. The highest BCUT2D eigenvalue weighted by Crippen LogP contribution is 2.18. The predicted molar refractivity (Wildman–Crippen MR) is 76.3 cm³/mol. The van der Waals surface area contributed by atoms with Crippen LogP contribution >= 0.6 is 0 Å². The molecule has 116 valence electrons. The van der Waals surface area contributed by atoms with Crippen LogP contribution < -0.4 is 16.4 Å². The Hall–Kier alpha value is -1.18. The Morgan fingerprint density at radius 2 is 2.20 bits per heavy atom. The molecule has 7 heteroatoms. The summed E-state index contributed by atoms with van der Waals surface area (Å²) in [6, 6.07) is -0.244. The summed E-state index contributed by atoms with van der Waals surface area (Å²) >= 11 is 0. The Kier molecular flexibility index (Phi) is 7.50. The standard InChI is InChI=1S/C13H26N4O3/c1-10(14)11-5-3-4-7-17(11)9-12(18)16-13(19)15-6-8-20-2/h10-11H,3-9,14H2,1-2H3,(H2,15,16,18,19). The van der Waals surface area contributed by atoms with Crippen molar-refractivity contribution < 1.29 is 14.3 Å². The molecule has 1 heterocycles. The number of carbonyl (C=O) groups is 2. The first-order valence-corrected chi connectivity index (χ1v) is 7.11. The number of nitrogens with one attached hydrogen (secondary N) is 2. The lowest BCUT2D eigenvalue weighted by Gasteiger charge is -2.37. The van der Waals surface area contributed by atoms with Gasteiger partial charge in [0.1, 0.15) is 0 Å². The smallest absolute Gasteiger partial charge is 0.321 e. The van der Waals surface area contributed by atoms with Crippen molar-refractivity contribution in [3.8, 4) is 0 Å². The van der Waals surface area contributed by atoms with Crippen molar-refractivity contribution >= 4 is 11.9 Å². The number of imide groups is 1. The largest absolute Gasteiger partial charge is 0.383 e. The summed E-state index contributed by atoms with van der Waals surface area (Å²) in [5.74, 6) is -0.299. The molecule has 1 saturated heterocycles. The molecule has 20 heavy (non-hydrogen) atoms. The van der Waals surface area contributed by atoms with Gasteiger partial charge in [-0.05, 0) is 26.3 Å². The van der Waals surface area contributed by atoms with Gasteiger partial charge < -0.3 is 15.8 Å². The Labute approximate surface area is 120 Å². The lowest BCUT2D eigenvalue weighted by molar-refractivity contribution is -0.122. The molecule has 0 spiro atoms. The van der Waals surface area contributed by atoms with Crippen LogP contribution in [0.1, 0.15) is 26.2 Å². The highest BCUT2D eigenvalue weighted by atomic mass is 16.5. The monoisotopic (exact) mass is 286 g/mol. The van der Waals surface area contributed by atoms with Crippen LogP contribution in [0.15, 0.2) is 0 Å². The topological polar surface area (TPSA) is 96.7 Å². The summed E-state index contributed by atoms with van der Waals surface area (Å²) in [7, 11) is 1.55. The van der Waals surface area contributed by atoms with E-state index in [1.807, 2.05) is 6.92 Å². The number of piperidine rings is 1. The van der Waals surface area contributed by atoms with Gasteiger partial charge in [0.05, 0.1) is 13.2 Å². The van der Waals surface area contributed by atoms with Crippen molar-refractivity contribution in [2.75, 3.05) is 33.4 Å². The van der Waals surface area contributed by atoms with Gasteiger partial charge in [0.15, 0.2) is 0 Å². The summed E-state index contributed by atoms with van der Waals surface area (Å²) in [5.41, 5.74) is 5.95. The highest BCUT2D eigenvalue weighted by molar-refractivity contribution is 5.95. The van der Waals surface area contributed by atoms with Crippen LogP contribution in [0.3, 0.4) is 0 Å². The van der Waals surface area contributed by atoms with Crippen LogP contribution in [0.5, 0.6) is 0 Å². The van der Waals surface area contributed by atoms with Crippen LogP contribution in [0, 0.1) is 0 Å². The molecule has 0 bridgehead atoms. The average molecular weight is 286 g/mol. The third-order valence-corrected chi connectivity index (χ3v) is 3.46. The molecule has 0 aliphatic carbocycles. The second-order valence-electron chi connectivity index (χ2n) is 5.19. The normalized spacial score (nSPS) is 21.2. The Bertz CT molecular complexity index is 323. The molecule has 1 aliphatic heterocycles. The zero-order valence-corrected chi connectivity index (χ0v) is 12.4. The minimum atomic E-state index is -0.485. The van der Waals surface area contributed by atoms with E-state index in [1.165, 1.54) is 0 Å². The van der Waals surface area contributed by atoms with Gasteiger partial charge in [0.25, 0.3) is 0 Å². The number of urea groups is 1. The number of hydrogen-bond donors (Lipinski definition) is 3. The minimum Gasteiger partial charge on any atom is -0.383 e. The fourth-order valence-corrected chi connectivity index (χ4v) is 2.47. The van der Waals surface area contributed by atoms with Gasteiger partial charge in [-0.2, -0.15) is 0 Å². The van der Waals surface area contributed by atoms with Crippen LogP contribution in [0.4, 0.5) is 4.79 Å². The van der Waals surface area contributed by atoms with Gasteiger partial charge in [0.2, 0.25) is 5.91 Å². The zero-order chi connectivity index (χ0) is 15.0. The molecular formula is C13H26N4O3. The zero-order valence-electron chi connectivity index (χ0n) is 12.4. The number of carbonyl (C=O) groups excluding carboxylic acids is 2. The second-order valence-corrected chi connectivity index (χ2v) is 5.19. The van der Waals surface area contributed by atoms with E-state index in [2.05, 4.69) is 15.5 Å². The molecule has 4 N–H and O–H groups in total. The van der Waals surface area contributed by atoms with E-state index in [4.69, 9.17) is 10.5 Å². The van der Waals surface area contributed by atoms with E-state index < -0.39 is 6.03 Å². The van der Waals surface area contributed by atoms with E-state index in [-0.39, 0.29) is 24.5 Å². The number of ether oxygens (including phenoxy) is 1. The van der Waals surface area contributed by atoms with Gasteiger partial charge in [-0.1, -0.05) is 6.42 Å². The van der Waals surface area contributed by atoms with Crippen molar-refractivity contribution in [3.05, 3.63) is 0 Å². The first kappa shape index (κ1) is 16.9.